The van der Waals surface area contributed by atoms with Gasteiger partial charge in [0.15, 0.2) is 12.1 Å². The molecule has 8 nitrogen and oxygen atoms in total. The summed E-state index contributed by atoms with van der Waals surface area (Å²) in [6, 6.07) is -0.833. The van der Waals surface area contributed by atoms with Gasteiger partial charge in [-0.25, -0.2) is 4.79 Å². The van der Waals surface area contributed by atoms with Gasteiger partial charge in [-0.05, 0) is 12.8 Å². The zero-order valence-corrected chi connectivity index (χ0v) is 8.78. The molecule has 94 valence electrons. The lowest BCUT2D eigenvalue weighted by Crippen LogP contribution is -2.46. The number of nitrogens with zero attached hydrogens (tertiary/aromatic N) is 1. The van der Waals surface area contributed by atoms with Crippen molar-refractivity contribution in [2.75, 3.05) is 6.54 Å². The molecule has 8 heteroatoms. The van der Waals surface area contributed by atoms with Crippen LogP contribution in [0.25, 0.3) is 0 Å². The molecule has 9 N–H and O–H groups in total. The first kappa shape index (κ1) is 14.6. The van der Waals surface area contributed by atoms with E-state index in [-0.39, 0.29) is 5.96 Å². The predicted molar refractivity (Wildman–Crippen MR) is 57.5 cm³/mol. The molecule has 0 spiro atoms. The standard InChI is InChI=1S/C8H18N4O4/c9-4(2-1-3-12-8(10)11)5(13)6(14)7(15)16/h4-6,13-14H,1-3,9H2,(H,15,16)(H4,10,11,12)/t4-,5+,6?/m0/s1. The number of guanidine groups is 1. The van der Waals surface area contributed by atoms with E-state index in [0.29, 0.717) is 19.4 Å². The molecule has 16 heavy (non-hydrogen) atoms. The minimum Gasteiger partial charge on any atom is -0.479 e. The molecule has 0 aliphatic carbocycles. The molecule has 3 atom stereocenters. The predicted octanol–water partition coefficient (Wildman–Crippen LogP) is -2.83. The second-order valence-electron chi connectivity index (χ2n) is 3.39. The lowest BCUT2D eigenvalue weighted by Gasteiger charge is -2.20. The molecule has 0 radical (unpaired) electrons. The highest BCUT2D eigenvalue weighted by Crippen LogP contribution is 2.05. The fourth-order valence-electron chi connectivity index (χ4n) is 1.09. The van der Waals surface area contributed by atoms with Crippen LogP contribution in [0, 0.1) is 0 Å². The second-order valence-corrected chi connectivity index (χ2v) is 3.39. The molecule has 0 aliphatic heterocycles. The summed E-state index contributed by atoms with van der Waals surface area (Å²) in [6.45, 7) is 0.339. The summed E-state index contributed by atoms with van der Waals surface area (Å²) in [5.74, 6) is -1.55. The number of aliphatic imine (C=N–C) groups is 1. The Balaban J connectivity index is 3.92. The first-order valence-corrected chi connectivity index (χ1v) is 4.76. The number of hydrogen-bond donors (Lipinski definition) is 6. The molecule has 0 heterocycles. The van der Waals surface area contributed by atoms with Gasteiger partial charge in [0.25, 0.3) is 0 Å². The summed E-state index contributed by atoms with van der Waals surface area (Å²) >= 11 is 0. The molecule has 0 aromatic rings. The van der Waals surface area contributed by atoms with Crippen molar-refractivity contribution in [2.45, 2.75) is 31.1 Å². The average Bonchev–Trinajstić information content (AvgIpc) is 2.21. The minimum atomic E-state index is -1.88. The van der Waals surface area contributed by atoms with Crippen LogP contribution in [0.3, 0.4) is 0 Å². The lowest BCUT2D eigenvalue weighted by atomic mass is 10.0. The van der Waals surface area contributed by atoms with E-state index in [4.69, 9.17) is 27.4 Å². The summed E-state index contributed by atoms with van der Waals surface area (Å²) in [6.07, 6.45) is -2.58. The Morgan fingerprint density at radius 2 is 1.88 bits per heavy atom. The Kier molecular flexibility index (Phi) is 6.38. The maximum atomic E-state index is 10.3. The van der Waals surface area contributed by atoms with Crippen LogP contribution in [-0.4, -0.2) is 52.0 Å². The summed E-state index contributed by atoms with van der Waals surface area (Å²) < 4.78 is 0. The van der Waals surface area contributed by atoms with Crippen LogP contribution in [0.15, 0.2) is 4.99 Å². The zero-order valence-electron chi connectivity index (χ0n) is 8.78. The summed E-state index contributed by atoms with van der Waals surface area (Å²) in [7, 11) is 0. The van der Waals surface area contributed by atoms with Crippen molar-refractivity contribution in [3.63, 3.8) is 0 Å². The molecule has 0 fully saturated rings. The molecular weight excluding hydrogens is 216 g/mol. The Hall–Kier alpha value is -1.38. The molecule has 1 unspecified atom stereocenters. The SMILES string of the molecule is NC(N)=NCCC[C@H](N)[C@@H](O)C(O)C(=O)O. The Bertz CT molecular complexity index is 254. The fourth-order valence-corrected chi connectivity index (χ4v) is 1.09. The van der Waals surface area contributed by atoms with Crippen molar-refractivity contribution in [3.05, 3.63) is 0 Å². The third kappa shape index (κ3) is 5.49. The average molecular weight is 234 g/mol. The fraction of sp³-hybridized carbons (Fsp3) is 0.750. The first-order chi connectivity index (χ1) is 7.36. The number of carboxylic acids is 1. The topological polar surface area (TPSA) is 168 Å². The van der Waals surface area contributed by atoms with Crippen LogP contribution in [0.5, 0.6) is 0 Å². The van der Waals surface area contributed by atoms with E-state index < -0.39 is 24.2 Å². The van der Waals surface area contributed by atoms with Crippen LogP contribution >= 0.6 is 0 Å². The monoisotopic (exact) mass is 234 g/mol. The maximum absolute atomic E-state index is 10.3. The normalized spacial score (nSPS) is 16.2. The van der Waals surface area contributed by atoms with E-state index in [0.717, 1.165) is 0 Å². The highest BCUT2D eigenvalue weighted by Gasteiger charge is 2.28. The minimum absolute atomic E-state index is 0.0420. The third-order valence-electron chi connectivity index (χ3n) is 2.01. The van der Waals surface area contributed by atoms with Gasteiger partial charge in [0.05, 0.1) is 0 Å². The molecule has 0 saturated heterocycles. The second kappa shape index (κ2) is 6.99. The maximum Gasteiger partial charge on any atom is 0.335 e. The quantitative estimate of drug-likeness (QED) is 0.157. The summed E-state index contributed by atoms with van der Waals surface area (Å²) in [5.41, 5.74) is 15.7. The number of carboxylic acid groups (broad SMARTS) is 1. The molecule has 0 bridgehead atoms. The van der Waals surface area contributed by atoms with E-state index in [9.17, 15) is 9.90 Å². The molecule has 0 aromatic heterocycles. The van der Waals surface area contributed by atoms with Crippen molar-refractivity contribution < 1.29 is 20.1 Å². The van der Waals surface area contributed by atoms with Gasteiger partial charge in [0.1, 0.15) is 6.10 Å². The van der Waals surface area contributed by atoms with Crippen LogP contribution in [0.4, 0.5) is 0 Å². The van der Waals surface area contributed by atoms with Gasteiger partial charge in [-0.3, -0.25) is 4.99 Å². The van der Waals surface area contributed by atoms with Crippen molar-refractivity contribution >= 4 is 11.9 Å². The third-order valence-corrected chi connectivity index (χ3v) is 2.01. The summed E-state index contributed by atoms with van der Waals surface area (Å²) in [4.78, 5) is 14.0. The van der Waals surface area contributed by atoms with E-state index in [1.807, 2.05) is 0 Å². The number of aliphatic hydroxyl groups is 2. The van der Waals surface area contributed by atoms with Crippen molar-refractivity contribution in [2.24, 2.45) is 22.2 Å². The van der Waals surface area contributed by atoms with Gasteiger partial charge in [-0.15, -0.1) is 0 Å². The number of hydrogen-bond acceptors (Lipinski definition) is 5. The molecule has 0 amide bonds. The largest absolute Gasteiger partial charge is 0.479 e. The number of rotatable bonds is 7. The highest BCUT2D eigenvalue weighted by molar-refractivity contribution is 5.75. The van der Waals surface area contributed by atoms with Crippen LogP contribution < -0.4 is 17.2 Å². The van der Waals surface area contributed by atoms with E-state index in [2.05, 4.69) is 4.99 Å². The number of carbonyl (C=O) groups is 1. The van der Waals surface area contributed by atoms with Gasteiger partial charge >= 0.3 is 5.97 Å². The van der Waals surface area contributed by atoms with E-state index >= 15 is 0 Å². The molecule has 0 rings (SSSR count). The summed E-state index contributed by atoms with van der Waals surface area (Å²) in [5, 5.41) is 26.8. The lowest BCUT2D eigenvalue weighted by molar-refractivity contribution is -0.153. The Morgan fingerprint density at radius 3 is 2.31 bits per heavy atom. The number of aliphatic carboxylic acids is 1. The van der Waals surface area contributed by atoms with Gasteiger partial charge < -0.3 is 32.5 Å². The van der Waals surface area contributed by atoms with Crippen molar-refractivity contribution in [3.8, 4) is 0 Å². The van der Waals surface area contributed by atoms with E-state index in [1.54, 1.807) is 0 Å². The Morgan fingerprint density at radius 1 is 1.31 bits per heavy atom. The van der Waals surface area contributed by atoms with Crippen LogP contribution in [0.2, 0.25) is 0 Å². The van der Waals surface area contributed by atoms with Crippen molar-refractivity contribution in [1.82, 2.24) is 0 Å². The van der Waals surface area contributed by atoms with Gasteiger partial charge in [0.2, 0.25) is 0 Å². The molecule has 0 saturated carbocycles. The smallest absolute Gasteiger partial charge is 0.335 e. The van der Waals surface area contributed by atoms with Gasteiger partial charge in [-0.2, -0.15) is 0 Å². The number of aliphatic hydroxyl groups excluding tert-OH is 2. The molecular formula is C8H18N4O4. The number of nitrogens with two attached hydrogens (primary N) is 3. The van der Waals surface area contributed by atoms with Gasteiger partial charge in [0, 0.05) is 12.6 Å². The Labute approximate surface area is 92.8 Å². The first-order valence-electron chi connectivity index (χ1n) is 4.76. The molecule has 0 aromatic carbocycles. The van der Waals surface area contributed by atoms with Crippen LogP contribution in [0.1, 0.15) is 12.8 Å². The van der Waals surface area contributed by atoms with E-state index in [1.165, 1.54) is 0 Å². The molecule has 0 aliphatic rings. The van der Waals surface area contributed by atoms with Crippen molar-refractivity contribution in [1.29, 1.82) is 0 Å². The van der Waals surface area contributed by atoms with Crippen LogP contribution in [-0.2, 0) is 4.79 Å². The zero-order chi connectivity index (χ0) is 12.7. The highest BCUT2D eigenvalue weighted by atomic mass is 16.4. The van der Waals surface area contributed by atoms with Gasteiger partial charge in [-0.1, -0.05) is 0 Å².